The summed E-state index contributed by atoms with van der Waals surface area (Å²) >= 11 is 0. The third-order valence-electron chi connectivity index (χ3n) is 3.76. The molecule has 0 aliphatic heterocycles. The Balaban J connectivity index is 1.63. The number of aryl methyl sites for hydroxylation is 1. The van der Waals surface area contributed by atoms with Crippen LogP contribution in [0.2, 0.25) is 0 Å². The van der Waals surface area contributed by atoms with Gasteiger partial charge in [-0.2, -0.15) is 0 Å². The Kier molecular flexibility index (Phi) is 5.35. The maximum atomic E-state index is 13.6. The molecule has 0 fully saturated rings. The molecule has 27 heavy (non-hydrogen) atoms. The van der Waals surface area contributed by atoms with Gasteiger partial charge in [0.1, 0.15) is 11.5 Å². The predicted molar refractivity (Wildman–Crippen MR) is 94.8 cm³/mol. The average molecular weight is 372 g/mol. The highest BCUT2D eigenvalue weighted by Crippen LogP contribution is 2.20. The summed E-state index contributed by atoms with van der Waals surface area (Å²) in [5, 5.41) is 5.20. The summed E-state index contributed by atoms with van der Waals surface area (Å²) in [6.45, 7) is 2.53. The number of nitrogens with one attached hydrogen (secondary N) is 2. The van der Waals surface area contributed by atoms with Crippen molar-refractivity contribution in [2.75, 3.05) is 10.6 Å². The predicted octanol–water partition coefficient (Wildman–Crippen LogP) is 4.07. The fourth-order valence-electron chi connectivity index (χ4n) is 2.24. The van der Waals surface area contributed by atoms with Crippen LogP contribution in [0.5, 0.6) is 0 Å². The Morgan fingerprint density at radius 2 is 1.70 bits per heavy atom. The van der Waals surface area contributed by atoms with Crippen LogP contribution in [-0.4, -0.2) is 15.9 Å². The van der Waals surface area contributed by atoms with E-state index in [4.69, 9.17) is 0 Å². The van der Waals surface area contributed by atoms with Crippen LogP contribution in [-0.2, 0) is 6.54 Å². The third-order valence-corrected chi connectivity index (χ3v) is 3.76. The lowest BCUT2D eigenvalue weighted by atomic mass is 10.1. The summed E-state index contributed by atoms with van der Waals surface area (Å²) in [6, 6.07) is 9.59. The van der Waals surface area contributed by atoms with Crippen LogP contribution in [0.4, 0.5) is 24.7 Å². The van der Waals surface area contributed by atoms with Crippen molar-refractivity contribution in [3.8, 4) is 0 Å². The van der Waals surface area contributed by atoms with E-state index < -0.39 is 29.0 Å². The molecule has 0 bridgehead atoms. The zero-order valence-corrected chi connectivity index (χ0v) is 14.3. The number of benzene rings is 2. The minimum atomic E-state index is -1.66. The van der Waals surface area contributed by atoms with Crippen LogP contribution in [0.15, 0.2) is 48.8 Å². The molecule has 0 atom stereocenters. The van der Waals surface area contributed by atoms with E-state index in [9.17, 15) is 18.0 Å². The Morgan fingerprint density at radius 1 is 0.963 bits per heavy atom. The molecule has 0 saturated carbocycles. The van der Waals surface area contributed by atoms with E-state index in [0.717, 1.165) is 23.3 Å². The quantitative estimate of drug-likeness (QED) is 0.663. The van der Waals surface area contributed by atoms with Crippen LogP contribution in [0, 0.1) is 24.4 Å². The molecule has 0 spiro atoms. The maximum absolute atomic E-state index is 13.6. The molecule has 1 amide bonds. The molecular formula is C19H15F3N4O. The fourth-order valence-corrected chi connectivity index (χ4v) is 2.24. The number of carbonyl (C=O) groups excluding carboxylic acids is 1. The van der Waals surface area contributed by atoms with Crippen molar-refractivity contribution in [3.63, 3.8) is 0 Å². The second-order valence-electron chi connectivity index (χ2n) is 5.80. The molecule has 0 saturated heterocycles. The minimum Gasteiger partial charge on any atom is -0.365 e. The van der Waals surface area contributed by atoms with Gasteiger partial charge in [0.2, 0.25) is 0 Å². The van der Waals surface area contributed by atoms with Crippen molar-refractivity contribution in [3.05, 3.63) is 83.1 Å². The van der Waals surface area contributed by atoms with E-state index in [0.29, 0.717) is 12.4 Å². The summed E-state index contributed by atoms with van der Waals surface area (Å²) in [5.74, 6) is -4.82. The van der Waals surface area contributed by atoms with Gasteiger partial charge in [0.05, 0.1) is 18.1 Å². The first-order valence-corrected chi connectivity index (χ1v) is 8.00. The first-order valence-electron chi connectivity index (χ1n) is 8.00. The molecule has 0 aliphatic carbocycles. The number of hydrogen-bond acceptors (Lipinski definition) is 4. The molecule has 2 N–H and O–H groups in total. The van der Waals surface area contributed by atoms with Gasteiger partial charge in [0.25, 0.3) is 5.91 Å². The van der Waals surface area contributed by atoms with E-state index in [1.54, 1.807) is 0 Å². The second-order valence-corrected chi connectivity index (χ2v) is 5.80. The number of aromatic nitrogens is 2. The molecule has 1 heterocycles. The van der Waals surface area contributed by atoms with E-state index in [-0.39, 0.29) is 5.69 Å². The van der Waals surface area contributed by atoms with E-state index >= 15 is 0 Å². The van der Waals surface area contributed by atoms with Gasteiger partial charge in [-0.15, -0.1) is 0 Å². The molecule has 3 aromatic rings. The van der Waals surface area contributed by atoms with Crippen LogP contribution in [0.25, 0.3) is 0 Å². The number of hydrogen-bond donors (Lipinski definition) is 2. The molecule has 1 aromatic heterocycles. The van der Waals surface area contributed by atoms with Crippen LogP contribution in [0.3, 0.4) is 0 Å². The monoisotopic (exact) mass is 372 g/mol. The van der Waals surface area contributed by atoms with Crippen LogP contribution < -0.4 is 10.6 Å². The van der Waals surface area contributed by atoms with Gasteiger partial charge in [-0.05, 0) is 24.6 Å². The smallest absolute Gasteiger partial charge is 0.275 e. The van der Waals surface area contributed by atoms with Crippen molar-refractivity contribution in [2.24, 2.45) is 0 Å². The fraction of sp³-hybridized carbons (Fsp3) is 0.105. The number of nitrogens with zero attached hydrogens (tertiary/aromatic N) is 2. The Morgan fingerprint density at radius 3 is 2.37 bits per heavy atom. The first-order chi connectivity index (χ1) is 12.9. The van der Waals surface area contributed by atoms with E-state index in [2.05, 4.69) is 20.6 Å². The highest BCUT2D eigenvalue weighted by molar-refractivity contribution is 6.02. The summed E-state index contributed by atoms with van der Waals surface area (Å²) < 4.78 is 39.7. The van der Waals surface area contributed by atoms with Gasteiger partial charge in [0.15, 0.2) is 17.5 Å². The molecule has 0 unspecified atom stereocenters. The van der Waals surface area contributed by atoms with Crippen molar-refractivity contribution >= 4 is 17.4 Å². The highest BCUT2D eigenvalue weighted by Gasteiger charge is 2.16. The standard InChI is InChI=1S/C19H15F3N4O/c1-11-2-4-12(5-3-11)8-24-16-10-23-15(9-25-16)19(27)26-14-7-6-13(20)17(21)18(14)22/h2-7,9-10H,8H2,1H3,(H,24,25)(H,26,27). The molecule has 0 aliphatic rings. The number of carbonyl (C=O) groups is 1. The van der Waals surface area contributed by atoms with Crippen molar-refractivity contribution in [1.82, 2.24) is 9.97 Å². The molecule has 8 heteroatoms. The third kappa shape index (κ3) is 4.41. The summed E-state index contributed by atoms with van der Waals surface area (Å²) in [7, 11) is 0. The largest absolute Gasteiger partial charge is 0.365 e. The topological polar surface area (TPSA) is 66.9 Å². The van der Waals surface area contributed by atoms with E-state index in [1.807, 2.05) is 31.2 Å². The number of halogens is 3. The minimum absolute atomic E-state index is 0.0972. The summed E-state index contributed by atoms with van der Waals surface area (Å²) in [6.07, 6.45) is 2.55. The molecule has 2 aromatic carbocycles. The SMILES string of the molecule is Cc1ccc(CNc2cnc(C(=O)Nc3ccc(F)c(F)c3F)cn2)cc1. The molecule has 3 rings (SSSR count). The van der Waals surface area contributed by atoms with Gasteiger partial charge in [-0.1, -0.05) is 29.8 Å². The second kappa shape index (κ2) is 7.86. The number of anilines is 2. The Bertz CT molecular complexity index is 960. The van der Waals surface area contributed by atoms with E-state index in [1.165, 1.54) is 12.4 Å². The van der Waals surface area contributed by atoms with Gasteiger partial charge in [-0.25, -0.2) is 23.1 Å². The van der Waals surface area contributed by atoms with Crippen LogP contribution >= 0.6 is 0 Å². The molecule has 138 valence electrons. The zero-order chi connectivity index (χ0) is 19.4. The van der Waals surface area contributed by atoms with Gasteiger partial charge < -0.3 is 10.6 Å². The number of amides is 1. The van der Waals surface area contributed by atoms with Gasteiger partial charge >= 0.3 is 0 Å². The van der Waals surface area contributed by atoms with Crippen molar-refractivity contribution in [1.29, 1.82) is 0 Å². The lowest BCUT2D eigenvalue weighted by Crippen LogP contribution is -2.16. The normalized spacial score (nSPS) is 10.5. The summed E-state index contributed by atoms with van der Waals surface area (Å²) in [5.41, 5.74) is 1.63. The first kappa shape index (κ1) is 18.4. The molecule has 0 radical (unpaired) electrons. The Labute approximate surface area is 153 Å². The number of rotatable bonds is 5. The molecular weight excluding hydrogens is 357 g/mol. The van der Waals surface area contributed by atoms with Gasteiger partial charge in [0, 0.05) is 6.54 Å². The highest BCUT2D eigenvalue weighted by atomic mass is 19.2. The molecule has 5 nitrogen and oxygen atoms in total. The lowest BCUT2D eigenvalue weighted by molar-refractivity contribution is 0.102. The van der Waals surface area contributed by atoms with Crippen molar-refractivity contribution < 1.29 is 18.0 Å². The van der Waals surface area contributed by atoms with Gasteiger partial charge in [-0.3, -0.25) is 4.79 Å². The van der Waals surface area contributed by atoms with Crippen LogP contribution in [0.1, 0.15) is 21.6 Å². The average Bonchev–Trinajstić information content (AvgIpc) is 2.68. The van der Waals surface area contributed by atoms with Crippen molar-refractivity contribution in [2.45, 2.75) is 13.5 Å². The summed E-state index contributed by atoms with van der Waals surface area (Å²) in [4.78, 5) is 20.1. The lowest BCUT2D eigenvalue weighted by Gasteiger charge is -2.08. The maximum Gasteiger partial charge on any atom is 0.275 e. The Hall–Kier alpha value is -3.42. The zero-order valence-electron chi connectivity index (χ0n) is 14.3.